The van der Waals surface area contributed by atoms with Gasteiger partial charge < -0.3 is 5.32 Å². The summed E-state index contributed by atoms with van der Waals surface area (Å²) in [6.45, 7) is -2.85. The minimum atomic E-state index is -3.04. The maximum absolute atomic E-state index is 8.17. The van der Waals surface area contributed by atoms with Gasteiger partial charge in [-0.05, 0) is 35.2 Å². The Labute approximate surface area is 92.4 Å². The Morgan fingerprint density at radius 1 is 1.83 bits per heavy atom. The highest BCUT2D eigenvalue weighted by Crippen LogP contribution is 2.21. The first-order valence-electron chi connectivity index (χ1n) is 7.58. The Kier molecular flexibility index (Phi) is 0.801. The Morgan fingerprint density at radius 2 is 2.75 bits per heavy atom. The summed E-state index contributed by atoms with van der Waals surface area (Å²) >= 11 is 2.88. The monoisotopic (exact) mass is 236 g/mol. The van der Waals surface area contributed by atoms with Gasteiger partial charge in [0.05, 0.1) is 28.2 Å². The number of nitrogens with one attached hydrogen (secondary N) is 1. The van der Waals surface area contributed by atoms with Crippen LogP contribution in [-0.4, -0.2) is 16.5 Å². The third-order valence-electron chi connectivity index (χ3n) is 1.19. The Morgan fingerprint density at radius 3 is 3.50 bits per heavy atom. The lowest BCUT2D eigenvalue weighted by atomic mass is 10.2. The van der Waals surface area contributed by atoms with Crippen molar-refractivity contribution in [1.82, 2.24) is 15.3 Å². The number of rotatable bonds is 1. The molecule has 0 spiro atoms. The van der Waals surface area contributed by atoms with Crippen LogP contribution < -0.4 is 5.32 Å². The molecule has 1 aromatic rings. The molecule has 1 aromatic heterocycles. The van der Waals surface area contributed by atoms with Crippen LogP contribution in [0.25, 0.3) is 0 Å². The van der Waals surface area contributed by atoms with Crippen molar-refractivity contribution >= 4 is 15.9 Å². The maximum atomic E-state index is 8.17. The van der Waals surface area contributed by atoms with Crippen molar-refractivity contribution in [2.24, 2.45) is 0 Å². The van der Waals surface area contributed by atoms with Crippen LogP contribution in [0.5, 0.6) is 0 Å². The first kappa shape index (κ1) is 2.75. The van der Waals surface area contributed by atoms with Crippen LogP contribution in [0.2, 0.25) is 0 Å². The van der Waals surface area contributed by atoms with E-state index in [2.05, 4.69) is 25.9 Å². The van der Waals surface area contributed by atoms with Crippen molar-refractivity contribution in [2.75, 3.05) is 6.50 Å². The van der Waals surface area contributed by atoms with Crippen LogP contribution in [-0.2, 0) is 0 Å². The van der Waals surface area contributed by atoms with Crippen LogP contribution in [0.1, 0.15) is 36.8 Å². The summed E-state index contributed by atoms with van der Waals surface area (Å²) in [4.78, 5) is 7.18. The minimum absolute atomic E-state index is 0.147. The van der Waals surface area contributed by atoms with E-state index in [-0.39, 0.29) is 4.60 Å². The molecule has 0 bridgehead atoms. The van der Waals surface area contributed by atoms with Gasteiger partial charge in [0.15, 0.2) is 0 Å². The summed E-state index contributed by atoms with van der Waals surface area (Å²) in [5.74, 6) is 0. The van der Waals surface area contributed by atoms with Gasteiger partial charge in [-0.3, -0.25) is 4.98 Å². The average molecular weight is 237 g/mol. The summed E-state index contributed by atoms with van der Waals surface area (Å²) in [7, 11) is 0. The van der Waals surface area contributed by atoms with E-state index in [4.69, 9.17) is 12.3 Å². The topological polar surface area (TPSA) is 37.8 Å². The predicted molar refractivity (Wildman–Crippen MR) is 49.7 cm³/mol. The van der Waals surface area contributed by atoms with Gasteiger partial charge in [-0.15, -0.1) is 0 Å². The molecule has 12 heavy (non-hydrogen) atoms. The summed E-state index contributed by atoms with van der Waals surface area (Å²) in [5, 5.41) is 1.94. The van der Waals surface area contributed by atoms with Crippen LogP contribution in [0.3, 0.4) is 0 Å². The van der Waals surface area contributed by atoms with E-state index in [9.17, 15) is 0 Å². The minimum Gasteiger partial charge on any atom is -0.309 e. The van der Waals surface area contributed by atoms with E-state index >= 15 is 0 Å². The van der Waals surface area contributed by atoms with Crippen LogP contribution in [0, 0.1) is 0 Å². The summed E-state index contributed by atoms with van der Waals surface area (Å²) in [5.41, 5.74) is -0.597. The highest BCUT2D eigenvalue weighted by molar-refractivity contribution is 9.10. The van der Waals surface area contributed by atoms with Gasteiger partial charge in [-0.1, -0.05) is 0 Å². The normalized spacial score (nSPS) is 52.6. The molecule has 3 nitrogen and oxygen atoms in total. The zero-order chi connectivity index (χ0) is 16.4. The van der Waals surface area contributed by atoms with E-state index in [1.165, 1.54) is 0 Å². The van der Waals surface area contributed by atoms with Gasteiger partial charge in [-0.2, -0.15) is 0 Å². The van der Waals surface area contributed by atoms with Gasteiger partial charge >= 0.3 is 0 Å². The molecule has 64 valence electrons. The predicted octanol–water partition coefficient (Wildman–Crippen LogP) is 1.66. The largest absolute Gasteiger partial charge is 0.309 e. The molecule has 0 radical (unpaired) electrons. The van der Waals surface area contributed by atoms with E-state index in [0.717, 1.165) is 0 Å². The molecule has 1 aliphatic rings. The van der Waals surface area contributed by atoms with Gasteiger partial charge in [-0.25, -0.2) is 4.98 Å². The summed E-state index contributed by atoms with van der Waals surface area (Å²) in [6, 6.07) is -2.67. The number of hydrogen-bond donors (Lipinski definition) is 1. The molecule has 2 heterocycles. The Bertz CT molecular complexity index is 607. The summed E-state index contributed by atoms with van der Waals surface area (Å²) in [6.07, 6.45) is -7.15. The molecule has 2 rings (SSSR count). The molecule has 0 aliphatic carbocycles. The molecule has 1 atom stereocenters. The Balaban J connectivity index is 2.71. The molecule has 0 amide bonds. The fourth-order valence-corrected chi connectivity index (χ4v) is 0.990. The molecular formula is C8H10BrN3. The van der Waals surface area contributed by atoms with E-state index in [1.807, 2.05) is 5.32 Å². The lowest BCUT2D eigenvalue weighted by Crippen LogP contribution is -2.14. The van der Waals surface area contributed by atoms with E-state index in [1.54, 1.807) is 0 Å². The van der Waals surface area contributed by atoms with Gasteiger partial charge in [0.25, 0.3) is 0 Å². The zero-order valence-electron chi connectivity index (χ0n) is 14.8. The third-order valence-corrected chi connectivity index (χ3v) is 1.55. The lowest BCUT2D eigenvalue weighted by molar-refractivity contribution is 0.622. The number of nitrogens with zero attached hydrogens (tertiary/aromatic N) is 2. The quantitative estimate of drug-likeness (QED) is 0.807. The number of hydrogen-bond acceptors (Lipinski definition) is 3. The first-order valence-corrected chi connectivity index (χ1v) is 3.88. The van der Waals surface area contributed by atoms with E-state index < -0.39 is 43.3 Å². The molecular weight excluding hydrogens is 218 g/mol. The Hall–Kier alpha value is -0.480. The summed E-state index contributed by atoms with van der Waals surface area (Å²) < 4.78 is 69.2. The molecule has 1 unspecified atom stereocenters. The van der Waals surface area contributed by atoms with Crippen molar-refractivity contribution in [3.8, 4) is 0 Å². The molecule has 0 saturated carbocycles. The van der Waals surface area contributed by atoms with Crippen molar-refractivity contribution in [1.29, 1.82) is 0 Å². The van der Waals surface area contributed by atoms with Crippen LogP contribution in [0.4, 0.5) is 0 Å². The van der Waals surface area contributed by atoms with Crippen molar-refractivity contribution in [2.45, 2.75) is 18.8 Å². The zero-order valence-corrected chi connectivity index (χ0v) is 7.36. The second kappa shape index (κ2) is 3.49. The molecule has 1 N–H and O–H groups in total. The fraction of sp³-hybridized carbons (Fsp3) is 0.500. The number of halogens is 1. The van der Waals surface area contributed by atoms with Crippen molar-refractivity contribution in [3.63, 3.8) is 0 Å². The highest BCUT2D eigenvalue weighted by Gasteiger charge is 2.17. The first-order chi connectivity index (χ1) is 9.28. The van der Waals surface area contributed by atoms with Gasteiger partial charge in [0.2, 0.25) is 0 Å². The van der Waals surface area contributed by atoms with Gasteiger partial charge in [0, 0.05) is 8.22 Å². The molecule has 4 heteroatoms. The lowest BCUT2D eigenvalue weighted by Gasteiger charge is -2.07. The number of aromatic nitrogens is 2. The van der Waals surface area contributed by atoms with Crippen molar-refractivity contribution in [3.05, 3.63) is 22.6 Å². The molecule has 1 saturated heterocycles. The third kappa shape index (κ3) is 1.64. The average Bonchev–Trinajstić information content (AvgIpc) is 2.40. The SMILES string of the molecule is [2H]c1nc([2H])c(C2([2H])NC([2H])([2H])C([2H])([2H])C2([2H])[2H])nc1Br. The highest BCUT2D eigenvalue weighted by atomic mass is 79.9. The maximum Gasteiger partial charge on any atom is 0.124 e. The standard InChI is InChI=1S/C8H10BrN3/c9-8-5-10-4-7(12-8)6-2-1-3-11-6/h4-6,11H,1-3H2/i1D2,2D2,3D2,4D,5D,6D. The van der Waals surface area contributed by atoms with Crippen LogP contribution >= 0.6 is 15.9 Å². The van der Waals surface area contributed by atoms with E-state index in [0.29, 0.717) is 0 Å². The van der Waals surface area contributed by atoms with Crippen molar-refractivity contribution < 1.29 is 12.3 Å². The molecule has 1 aliphatic heterocycles. The smallest absolute Gasteiger partial charge is 0.124 e. The fourth-order valence-electron chi connectivity index (χ4n) is 0.724. The second-order valence-electron chi connectivity index (χ2n) is 1.96. The molecule has 0 aromatic carbocycles. The van der Waals surface area contributed by atoms with Crippen LogP contribution in [0.15, 0.2) is 16.9 Å². The molecule has 1 fully saturated rings. The van der Waals surface area contributed by atoms with Gasteiger partial charge in [0.1, 0.15) is 4.60 Å². The second-order valence-corrected chi connectivity index (χ2v) is 2.71.